The Morgan fingerprint density at radius 1 is 1.17 bits per heavy atom. The van der Waals surface area contributed by atoms with Crippen molar-refractivity contribution in [3.8, 4) is 0 Å². The molecule has 2 rings (SSSR count). The fraction of sp³-hybridized carbons (Fsp3) is 0.214. The second-order valence-electron chi connectivity index (χ2n) is 3.95. The summed E-state index contributed by atoms with van der Waals surface area (Å²) in [7, 11) is 0. The molecule has 0 heterocycles. The molecule has 0 aliphatic carbocycles. The maximum Gasteiger partial charge on any atom is 0.250 e. The summed E-state index contributed by atoms with van der Waals surface area (Å²) in [5, 5.41) is 5.03. The number of nitrogens with one attached hydrogen (secondary N) is 1. The first-order chi connectivity index (χ1) is 8.79. The van der Waals surface area contributed by atoms with Crippen LogP contribution >= 0.6 is 0 Å². The topological polar surface area (TPSA) is 64.3 Å². The van der Waals surface area contributed by atoms with E-state index >= 15 is 0 Å². The van der Waals surface area contributed by atoms with Crippen molar-refractivity contribution in [1.82, 2.24) is 0 Å². The fourth-order valence-electron chi connectivity index (χ4n) is 1.71. The number of ether oxygens (including phenoxy) is 1. The number of rotatable bonds is 5. The van der Waals surface area contributed by atoms with E-state index in [-0.39, 0.29) is 12.5 Å². The maximum atomic E-state index is 11.5. The number of nitrogens with two attached hydrogens (primary N) is 1. The number of amides is 1. The van der Waals surface area contributed by atoms with Crippen molar-refractivity contribution in [2.75, 3.05) is 25.1 Å². The lowest BCUT2D eigenvalue weighted by molar-refractivity contribution is -0.120. The summed E-state index contributed by atoms with van der Waals surface area (Å²) in [5.41, 5.74) is 6.05. The highest BCUT2D eigenvalue weighted by molar-refractivity contribution is 5.95. The lowest BCUT2D eigenvalue weighted by Crippen LogP contribution is -2.20. The van der Waals surface area contributed by atoms with Crippen LogP contribution in [0.5, 0.6) is 0 Å². The molecule has 3 N–H and O–H groups in total. The molecule has 0 aliphatic rings. The Labute approximate surface area is 106 Å². The molecule has 0 spiro atoms. The summed E-state index contributed by atoms with van der Waals surface area (Å²) in [4.78, 5) is 11.5. The number of hydrogen-bond donors (Lipinski definition) is 2. The van der Waals surface area contributed by atoms with Gasteiger partial charge in [-0.1, -0.05) is 30.3 Å². The molecule has 0 aromatic heterocycles. The highest BCUT2D eigenvalue weighted by Gasteiger charge is 2.02. The monoisotopic (exact) mass is 244 g/mol. The Hall–Kier alpha value is -1.91. The molecule has 94 valence electrons. The first-order valence-corrected chi connectivity index (χ1v) is 5.86. The van der Waals surface area contributed by atoms with E-state index in [0.29, 0.717) is 13.2 Å². The third kappa shape index (κ3) is 3.29. The molecule has 1 amide bonds. The molecule has 0 saturated heterocycles. The zero-order chi connectivity index (χ0) is 12.8. The Bertz CT molecular complexity index is 540. The van der Waals surface area contributed by atoms with Crippen LogP contribution in [0.1, 0.15) is 0 Å². The average molecular weight is 244 g/mol. The smallest absolute Gasteiger partial charge is 0.250 e. The van der Waals surface area contributed by atoms with E-state index in [1.807, 2.05) is 42.5 Å². The van der Waals surface area contributed by atoms with Crippen LogP contribution in [0.4, 0.5) is 5.69 Å². The molecule has 0 bridgehead atoms. The summed E-state index contributed by atoms with van der Waals surface area (Å²) < 4.78 is 5.07. The highest BCUT2D eigenvalue weighted by atomic mass is 16.5. The van der Waals surface area contributed by atoms with Gasteiger partial charge in [-0.25, -0.2) is 0 Å². The third-order valence-corrected chi connectivity index (χ3v) is 2.53. The summed E-state index contributed by atoms with van der Waals surface area (Å²) in [6.45, 7) is 0.846. The zero-order valence-corrected chi connectivity index (χ0v) is 10.1. The summed E-state index contributed by atoms with van der Waals surface area (Å²) in [6, 6.07) is 13.8. The van der Waals surface area contributed by atoms with Crippen LogP contribution in [0.2, 0.25) is 0 Å². The summed E-state index contributed by atoms with van der Waals surface area (Å²) >= 11 is 0. The van der Waals surface area contributed by atoms with Crippen LogP contribution < -0.4 is 11.1 Å². The van der Waals surface area contributed by atoms with Crippen LogP contribution in [0.15, 0.2) is 42.5 Å². The summed E-state index contributed by atoms with van der Waals surface area (Å²) in [6.07, 6.45) is 0. The van der Waals surface area contributed by atoms with Crippen LogP contribution in [0.25, 0.3) is 10.8 Å². The maximum absolute atomic E-state index is 11.5. The van der Waals surface area contributed by atoms with Crippen LogP contribution in [0.3, 0.4) is 0 Å². The second-order valence-corrected chi connectivity index (χ2v) is 3.95. The predicted octanol–water partition coefficient (Wildman–Crippen LogP) is 1.75. The number of hydrogen-bond acceptors (Lipinski definition) is 3. The number of carbonyl (C=O) groups excluding carboxylic acids is 1. The molecule has 4 heteroatoms. The first kappa shape index (κ1) is 12.5. The van der Waals surface area contributed by atoms with Crippen molar-refractivity contribution >= 4 is 22.4 Å². The van der Waals surface area contributed by atoms with Gasteiger partial charge >= 0.3 is 0 Å². The Balaban J connectivity index is 2.01. The van der Waals surface area contributed by atoms with Gasteiger partial charge in [0.15, 0.2) is 0 Å². The van der Waals surface area contributed by atoms with Crippen molar-refractivity contribution in [2.45, 2.75) is 0 Å². The number of carbonyl (C=O) groups is 1. The molecule has 0 aliphatic heterocycles. The molecule has 0 saturated carbocycles. The minimum atomic E-state index is -0.168. The van der Waals surface area contributed by atoms with Crippen LogP contribution in [-0.4, -0.2) is 25.7 Å². The molecule has 0 unspecified atom stereocenters. The van der Waals surface area contributed by atoms with Gasteiger partial charge in [-0.15, -0.1) is 0 Å². The minimum Gasteiger partial charge on any atom is -0.370 e. The van der Waals surface area contributed by atoms with E-state index in [9.17, 15) is 4.79 Å². The third-order valence-electron chi connectivity index (χ3n) is 2.53. The van der Waals surface area contributed by atoms with Gasteiger partial charge in [0.05, 0.1) is 6.61 Å². The molecule has 18 heavy (non-hydrogen) atoms. The number of benzene rings is 2. The minimum absolute atomic E-state index is 0.0318. The van der Waals surface area contributed by atoms with Gasteiger partial charge in [-0.05, 0) is 22.9 Å². The fourth-order valence-corrected chi connectivity index (χ4v) is 1.71. The molecular weight excluding hydrogens is 228 g/mol. The van der Waals surface area contributed by atoms with Crippen molar-refractivity contribution < 1.29 is 9.53 Å². The van der Waals surface area contributed by atoms with Gasteiger partial charge in [-0.2, -0.15) is 0 Å². The first-order valence-electron chi connectivity index (χ1n) is 5.86. The van der Waals surface area contributed by atoms with Crippen molar-refractivity contribution in [1.29, 1.82) is 0 Å². The van der Waals surface area contributed by atoms with Crippen molar-refractivity contribution in [2.24, 2.45) is 5.73 Å². The Morgan fingerprint density at radius 3 is 2.72 bits per heavy atom. The van der Waals surface area contributed by atoms with Gasteiger partial charge in [0, 0.05) is 12.2 Å². The SMILES string of the molecule is NCCOCC(=O)Nc1ccc2ccccc2c1. The van der Waals surface area contributed by atoms with E-state index in [1.54, 1.807) is 0 Å². The van der Waals surface area contributed by atoms with E-state index in [2.05, 4.69) is 5.32 Å². The molecular formula is C14H16N2O2. The van der Waals surface area contributed by atoms with Gasteiger partial charge < -0.3 is 15.8 Å². The second kappa shape index (κ2) is 6.14. The molecule has 2 aromatic rings. The van der Waals surface area contributed by atoms with E-state index < -0.39 is 0 Å². The lowest BCUT2D eigenvalue weighted by Gasteiger charge is -2.06. The molecule has 2 aromatic carbocycles. The van der Waals surface area contributed by atoms with E-state index in [0.717, 1.165) is 16.5 Å². The predicted molar refractivity (Wildman–Crippen MR) is 72.5 cm³/mol. The number of fused-ring (bicyclic) bond motifs is 1. The zero-order valence-electron chi connectivity index (χ0n) is 10.1. The Kier molecular flexibility index (Phi) is 4.28. The number of anilines is 1. The van der Waals surface area contributed by atoms with Gasteiger partial charge in [0.25, 0.3) is 0 Å². The Morgan fingerprint density at radius 2 is 1.94 bits per heavy atom. The molecule has 0 fully saturated rings. The largest absolute Gasteiger partial charge is 0.370 e. The normalized spacial score (nSPS) is 10.5. The van der Waals surface area contributed by atoms with Gasteiger partial charge in [-0.3, -0.25) is 4.79 Å². The van der Waals surface area contributed by atoms with Crippen LogP contribution in [-0.2, 0) is 9.53 Å². The van der Waals surface area contributed by atoms with E-state index in [4.69, 9.17) is 10.5 Å². The lowest BCUT2D eigenvalue weighted by atomic mass is 10.1. The van der Waals surface area contributed by atoms with Crippen LogP contribution in [0, 0.1) is 0 Å². The van der Waals surface area contributed by atoms with Crippen molar-refractivity contribution in [3.63, 3.8) is 0 Å². The average Bonchev–Trinajstić information content (AvgIpc) is 2.39. The molecule has 4 nitrogen and oxygen atoms in total. The highest BCUT2D eigenvalue weighted by Crippen LogP contribution is 2.18. The van der Waals surface area contributed by atoms with Gasteiger partial charge in [0.2, 0.25) is 5.91 Å². The standard InChI is InChI=1S/C14H16N2O2/c15-7-8-18-10-14(17)16-13-6-5-11-3-1-2-4-12(11)9-13/h1-6,9H,7-8,10,15H2,(H,16,17). The van der Waals surface area contributed by atoms with E-state index in [1.165, 1.54) is 0 Å². The molecule has 0 atom stereocenters. The quantitative estimate of drug-likeness (QED) is 0.788. The van der Waals surface area contributed by atoms with Gasteiger partial charge in [0.1, 0.15) is 6.61 Å². The van der Waals surface area contributed by atoms with Crippen molar-refractivity contribution in [3.05, 3.63) is 42.5 Å². The summed E-state index contributed by atoms with van der Waals surface area (Å²) in [5.74, 6) is -0.168. The molecule has 0 radical (unpaired) electrons.